The van der Waals surface area contributed by atoms with Gasteiger partial charge in [-0.1, -0.05) is 6.08 Å². The Kier molecular flexibility index (Phi) is 5.08. The molecule has 1 N–H and O–H groups in total. The minimum atomic E-state index is -0.328. The topological polar surface area (TPSA) is 73.2 Å². The van der Waals surface area contributed by atoms with E-state index in [2.05, 4.69) is 17.0 Å². The molecule has 2 rings (SSSR count). The van der Waals surface area contributed by atoms with Crippen LogP contribution >= 0.6 is 0 Å². The van der Waals surface area contributed by atoms with Gasteiger partial charge in [-0.3, -0.25) is 9.59 Å². The van der Waals surface area contributed by atoms with Crippen molar-refractivity contribution in [1.29, 1.82) is 0 Å². The highest BCUT2D eigenvalue weighted by Crippen LogP contribution is 2.19. The van der Waals surface area contributed by atoms with E-state index < -0.39 is 0 Å². The summed E-state index contributed by atoms with van der Waals surface area (Å²) in [6.07, 6.45) is 1.57. The van der Waals surface area contributed by atoms with E-state index >= 15 is 0 Å². The molecular formula is C16H17N3O3. The summed E-state index contributed by atoms with van der Waals surface area (Å²) in [7, 11) is 1.59. The molecule has 0 fully saturated rings. The monoisotopic (exact) mass is 299 g/mol. The standard InChI is InChI=1S/C16H17N3O3/c1-3-10-17-15(20)11-19-16(21)9-8-14(18-19)12-4-6-13(22-2)7-5-12/h3-9H,1,10-11H2,2H3,(H,17,20). The molecule has 1 aromatic carbocycles. The van der Waals surface area contributed by atoms with Gasteiger partial charge in [-0.25, -0.2) is 4.68 Å². The summed E-state index contributed by atoms with van der Waals surface area (Å²) in [5.74, 6) is 0.447. The number of carbonyl (C=O) groups is 1. The van der Waals surface area contributed by atoms with Crippen LogP contribution in [0.25, 0.3) is 11.3 Å². The first-order valence-electron chi connectivity index (χ1n) is 6.74. The number of methoxy groups -OCH3 is 1. The van der Waals surface area contributed by atoms with Crippen molar-refractivity contribution >= 4 is 5.91 Å². The van der Waals surface area contributed by atoms with Gasteiger partial charge in [0, 0.05) is 18.2 Å². The van der Waals surface area contributed by atoms with Gasteiger partial charge >= 0.3 is 0 Å². The van der Waals surface area contributed by atoms with E-state index in [1.807, 2.05) is 24.3 Å². The zero-order valence-electron chi connectivity index (χ0n) is 12.3. The van der Waals surface area contributed by atoms with Gasteiger partial charge < -0.3 is 10.1 Å². The number of hydrogen-bond donors (Lipinski definition) is 1. The number of rotatable bonds is 6. The number of aromatic nitrogens is 2. The molecule has 0 saturated carbocycles. The SMILES string of the molecule is C=CCNC(=O)Cn1nc(-c2ccc(OC)cc2)ccc1=O. The maximum absolute atomic E-state index is 11.8. The van der Waals surface area contributed by atoms with E-state index in [4.69, 9.17) is 4.74 Å². The molecule has 2 aromatic rings. The second-order valence-corrected chi connectivity index (χ2v) is 4.54. The summed E-state index contributed by atoms with van der Waals surface area (Å²) in [4.78, 5) is 23.5. The van der Waals surface area contributed by atoms with Gasteiger partial charge in [-0.05, 0) is 30.3 Å². The Morgan fingerprint density at radius 2 is 2.05 bits per heavy atom. The number of nitrogens with zero attached hydrogens (tertiary/aromatic N) is 2. The highest BCUT2D eigenvalue weighted by atomic mass is 16.5. The molecule has 1 heterocycles. The maximum atomic E-state index is 11.8. The molecule has 0 spiro atoms. The molecule has 0 unspecified atom stereocenters. The summed E-state index contributed by atoms with van der Waals surface area (Å²) >= 11 is 0. The lowest BCUT2D eigenvalue weighted by atomic mass is 10.1. The van der Waals surface area contributed by atoms with Crippen LogP contribution in [0.4, 0.5) is 0 Å². The number of nitrogens with one attached hydrogen (secondary N) is 1. The van der Waals surface area contributed by atoms with Gasteiger partial charge in [0.15, 0.2) is 0 Å². The van der Waals surface area contributed by atoms with E-state index in [-0.39, 0.29) is 18.0 Å². The highest BCUT2D eigenvalue weighted by Gasteiger charge is 2.07. The molecule has 0 radical (unpaired) electrons. The number of carbonyl (C=O) groups excluding carboxylic acids is 1. The Bertz CT molecular complexity index is 720. The molecule has 0 bridgehead atoms. The Labute approximate surface area is 128 Å². The van der Waals surface area contributed by atoms with E-state index in [1.165, 1.54) is 6.07 Å². The van der Waals surface area contributed by atoms with Crippen LogP contribution in [0.15, 0.2) is 53.8 Å². The lowest BCUT2D eigenvalue weighted by molar-refractivity contribution is -0.121. The lowest BCUT2D eigenvalue weighted by Crippen LogP contribution is -2.33. The molecule has 0 aliphatic rings. The first-order chi connectivity index (χ1) is 10.6. The van der Waals surface area contributed by atoms with Crippen molar-refractivity contribution in [3.05, 3.63) is 59.4 Å². The van der Waals surface area contributed by atoms with Crippen LogP contribution in [-0.4, -0.2) is 29.3 Å². The van der Waals surface area contributed by atoms with Gasteiger partial charge in [0.1, 0.15) is 12.3 Å². The van der Waals surface area contributed by atoms with Crippen LogP contribution in [0.1, 0.15) is 0 Å². The van der Waals surface area contributed by atoms with Gasteiger partial charge in [0.2, 0.25) is 5.91 Å². The Morgan fingerprint density at radius 3 is 2.68 bits per heavy atom. The van der Waals surface area contributed by atoms with Crippen LogP contribution in [0.2, 0.25) is 0 Å². The smallest absolute Gasteiger partial charge is 0.267 e. The van der Waals surface area contributed by atoms with Crippen LogP contribution < -0.4 is 15.6 Å². The molecule has 0 saturated heterocycles. The Morgan fingerprint density at radius 1 is 1.32 bits per heavy atom. The molecule has 0 atom stereocenters. The molecule has 1 amide bonds. The van der Waals surface area contributed by atoms with Gasteiger partial charge in [-0.2, -0.15) is 5.10 Å². The highest BCUT2D eigenvalue weighted by molar-refractivity contribution is 5.75. The van der Waals surface area contributed by atoms with Crippen molar-refractivity contribution < 1.29 is 9.53 Å². The predicted molar refractivity (Wildman–Crippen MR) is 83.7 cm³/mol. The summed E-state index contributed by atoms with van der Waals surface area (Å²) in [6, 6.07) is 10.3. The number of amides is 1. The van der Waals surface area contributed by atoms with E-state index in [0.717, 1.165) is 16.0 Å². The minimum Gasteiger partial charge on any atom is -0.497 e. The number of hydrogen-bond acceptors (Lipinski definition) is 4. The normalized spacial score (nSPS) is 10.0. The van der Waals surface area contributed by atoms with Crippen LogP contribution in [-0.2, 0) is 11.3 Å². The predicted octanol–water partition coefficient (Wildman–Crippen LogP) is 1.22. The first kappa shape index (κ1) is 15.5. The quantitative estimate of drug-likeness (QED) is 0.814. The molecule has 6 nitrogen and oxygen atoms in total. The average molecular weight is 299 g/mol. The Balaban J connectivity index is 2.23. The van der Waals surface area contributed by atoms with Crippen LogP contribution in [0.5, 0.6) is 5.75 Å². The van der Waals surface area contributed by atoms with Crippen molar-refractivity contribution in [2.24, 2.45) is 0 Å². The van der Waals surface area contributed by atoms with E-state index in [1.54, 1.807) is 19.3 Å². The van der Waals surface area contributed by atoms with Gasteiger partial charge in [0.05, 0.1) is 12.8 Å². The summed E-state index contributed by atoms with van der Waals surface area (Å²) in [5.41, 5.74) is 1.12. The largest absolute Gasteiger partial charge is 0.497 e. The van der Waals surface area contributed by atoms with Crippen molar-refractivity contribution in [3.63, 3.8) is 0 Å². The molecule has 0 aliphatic carbocycles. The van der Waals surface area contributed by atoms with Crippen molar-refractivity contribution in [3.8, 4) is 17.0 Å². The molecular weight excluding hydrogens is 282 g/mol. The maximum Gasteiger partial charge on any atom is 0.267 e. The fourth-order valence-electron chi connectivity index (χ4n) is 1.86. The third-order valence-corrected chi connectivity index (χ3v) is 2.99. The third-order valence-electron chi connectivity index (χ3n) is 2.99. The van der Waals surface area contributed by atoms with Crippen LogP contribution in [0.3, 0.4) is 0 Å². The molecule has 1 aromatic heterocycles. The van der Waals surface area contributed by atoms with E-state index in [9.17, 15) is 9.59 Å². The molecule has 0 aliphatic heterocycles. The van der Waals surface area contributed by atoms with E-state index in [0.29, 0.717) is 12.2 Å². The van der Waals surface area contributed by atoms with Crippen LogP contribution in [0, 0.1) is 0 Å². The third kappa shape index (κ3) is 3.82. The average Bonchev–Trinajstić information content (AvgIpc) is 2.55. The van der Waals surface area contributed by atoms with Crippen molar-refractivity contribution in [2.75, 3.05) is 13.7 Å². The summed E-state index contributed by atoms with van der Waals surface area (Å²) < 4.78 is 6.24. The Hall–Kier alpha value is -2.89. The molecule has 6 heteroatoms. The van der Waals surface area contributed by atoms with Crippen molar-refractivity contribution in [1.82, 2.24) is 15.1 Å². The molecule has 114 valence electrons. The second-order valence-electron chi connectivity index (χ2n) is 4.54. The van der Waals surface area contributed by atoms with Gasteiger partial charge in [-0.15, -0.1) is 6.58 Å². The zero-order chi connectivity index (χ0) is 15.9. The number of benzene rings is 1. The van der Waals surface area contributed by atoms with Crippen molar-refractivity contribution in [2.45, 2.75) is 6.54 Å². The number of ether oxygens (including phenoxy) is 1. The fraction of sp³-hybridized carbons (Fsp3) is 0.188. The lowest BCUT2D eigenvalue weighted by Gasteiger charge is -2.08. The zero-order valence-corrected chi connectivity index (χ0v) is 12.3. The molecule has 22 heavy (non-hydrogen) atoms. The summed E-state index contributed by atoms with van der Waals surface area (Å²) in [5, 5.41) is 6.83. The summed E-state index contributed by atoms with van der Waals surface area (Å²) in [6.45, 7) is 3.74. The first-order valence-corrected chi connectivity index (χ1v) is 6.74. The van der Waals surface area contributed by atoms with Gasteiger partial charge in [0.25, 0.3) is 5.56 Å². The fourth-order valence-corrected chi connectivity index (χ4v) is 1.86. The second kappa shape index (κ2) is 7.21. The minimum absolute atomic E-state index is 0.128.